The number of carbonyl (C=O) groups excluding carboxylic acids is 1. The van der Waals surface area contributed by atoms with Crippen LogP contribution in [0.2, 0.25) is 0 Å². The van der Waals surface area contributed by atoms with Crippen LogP contribution in [0.3, 0.4) is 0 Å². The molecule has 162 valence electrons. The largest absolute Gasteiger partial charge is 0.573 e. The van der Waals surface area contributed by atoms with Crippen molar-refractivity contribution in [2.75, 3.05) is 11.1 Å². The number of fused-ring (bicyclic) bond motifs is 1. The normalized spacial score (nSPS) is 11.4. The van der Waals surface area contributed by atoms with Crippen LogP contribution in [-0.4, -0.2) is 22.2 Å². The predicted molar refractivity (Wildman–Crippen MR) is 118 cm³/mol. The van der Waals surface area contributed by atoms with E-state index in [4.69, 9.17) is 5.73 Å². The maximum absolute atomic E-state index is 12.7. The number of aromatic nitrogens is 2. The molecular formula is C22H14BrF3N4O2. The Morgan fingerprint density at radius 1 is 1.00 bits per heavy atom. The average molecular weight is 503 g/mol. The highest BCUT2D eigenvalue weighted by atomic mass is 79.9. The van der Waals surface area contributed by atoms with Gasteiger partial charge in [-0.05, 0) is 65.7 Å². The Labute approximate surface area is 188 Å². The van der Waals surface area contributed by atoms with Gasteiger partial charge >= 0.3 is 6.36 Å². The van der Waals surface area contributed by atoms with E-state index in [0.717, 1.165) is 28.6 Å². The Morgan fingerprint density at radius 3 is 2.47 bits per heavy atom. The molecule has 0 saturated heterocycles. The molecule has 0 bridgehead atoms. The summed E-state index contributed by atoms with van der Waals surface area (Å²) >= 11 is 3.42. The number of nitrogen functional groups attached to an aromatic ring is 1. The zero-order chi connectivity index (χ0) is 22.9. The molecule has 0 unspecified atom stereocenters. The number of amides is 1. The van der Waals surface area contributed by atoms with Crippen molar-refractivity contribution in [1.82, 2.24) is 9.97 Å². The summed E-state index contributed by atoms with van der Waals surface area (Å²) in [6.45, 7) is 0. The van der Waals surface area contributed by atoms with Crippen LogP contribution in [0.1, 0.15) is 10.4 Å². The van der Waals surface area contributed by atoms with Crippen molar-refractivity contribution in [3.05, 3.63) is 76.9 Å². The van der Waals surface area contributed by atoms with E-state index in [1.54, 1.807) is 18.3 Å². The number of halogens is 4. The van der Waals surface area contributed by atoms with E-state index in [9.17, 15) is 18.0 Å². The van der Waals surface area contributed by atoms with Crippen LogP contribution in [0.15, 0.2) is 71.3 Å². The van der Waals surface area contributed by atoms with Crippen molar-refractivity contribution in [3.63, 3.8) is 0 Å². The lowest BCUT2D eigenvalue weighted by Crippen LogP contribution is -2.17. The third kappa shape index (κ3) is 5.14. The van der Waals surface area contributed by atoms with Crippen molar-refractivity contribution in [2.45, 2.75) is 6.36 Å². The van der Waals surface area contributed by atoms with Gasteiger partial charge in [-0.2, -0.15) is 0 Å². The fourth-order valence-electron chi connectivity index (χ4n) is 3.06. The number of nitrogens with zero attached hydrogens (tertiary/aromatic N) is 2. The van der Waals surface area contributed by atoms with E-state index in [1.165, 1.54) is 12.1 Å². The molecule has 0 spiro atoms. The van der Waals surface area contributed by atoms with Crippen molar-refractivity contribution in [1.29, 1.82) is 0 Å². The number of anilines is 2. The summed E-state index contributed by atoms with van der Waals surface area (Å²) in [6, 6.07) is 15.7. The first-order valence-corrected chi connectivity index (χ1v) is 9.96. The molecule has 0 radical (unpaired) electrons. The number of ether oxygens (including phenoxy) is 1. The molecule has 3 aromatic carbocycles. The van der Waals surface area contributed by atoms with Gasteiger partial charge in [-0.1, -0.05) is 22.0 Å². The number of hydrogen-bond donors (Lipinski definition) is 2. The summed E-state index contributed by atoms with van der Waals surface area (Å²) in [5, 5.41) is 3.45. The first kappa shape index (κ1) is 21.6. The second-order valence-electron chi connectivity index (χ2n) is 6.76. The molecule has 3 N–H and O–H groups in total. The molecule has 6 nitrogen and oxygen atoms in total. The van der Waals surface area contributed by atoms with Crippen LogP contribution in [-0.2, 0) is 0 Å². The van der Waals surface area contributed by atoms with E-state index in [0.29, 0.717) is 21.2 Å². The van der Waals surface area contributed by atoms with E-state index < -0.39 is 12.3 Å². The van der Waals surface area contributed by atoms with Gasteiger partial charge in [0.15, 0.2) is 0 Å². The molecule has 1 heterocycles. The maximum atomic E-state index is 12.7. The number of nitrogens with one attached hydrogen (secondary N) is 1. The minimum atomic E-state index is -4.78. The third-order valence-electron chi connectivity index (χ3n) is 4.44. The highest BCUT2D eigenvalue weighted by Gasteiger charge is 2.31. The summed E-state index contributed by atoms with van der Waals surface area (Å²) in [6.07, 6.45) is -3.15. The summed E-state index contributed by atoms with van der Waals surface area (Å²) in [5.74, 6) is -0.610. The molecule has 1 aromatic heterocycles. The Hall–Kier alpha value is -3.66. The van der Waals surface area contributed by atoms with Gasteiger partial charge in [-0.15, -0.1) is 13.2 Å². The van der Waals surface area contributed by atoms with Crippen molar-refractivity contribution in [3.8, 4) is 16.9 Å². The summed E-state index contributed by atoms with van der Waals surface area (Å²) in [4.78, 5) is 20.9. The number of benzene rings is 3. The van der Waals surface area contributed by atoms with Gasteiger partial charge in [-0.25, -0.2) is 9.97 Å². The monoisotopic (exact) mass is 502 g/mol. The highest BCUT2D eigenvalue weighted by molar-refractivity contribution is 9.10. The average Bonchev–Trinajstić information content (AvgIpc) is 2.73. The Balaban J connectivity index is 1.57. The number of nitrogens with two attached hydrogens (primary N) is 1. The minimum Gasteiger partial charge on any atom is -0.406 e. The lowest BCUT2D eigenvalue weighted by Gasteiger charge is -2.11. The van der Waals surface area contributed by atoms with Crippen molar-refractivity contribution < 1.29 is 22.7 Å². The summed E-state index contributed by atoms with van der Waals surface area (Å²) in [7, 11) is 0. The molecule has 0 aliphatic carbocycles. The third-order valence-corrected chi connectivity index (χ3v) is 4.90. The van der Waals surface area contributed by atoms with Crippen LogP contribution in [0, 0.1) is 0 Å². The standard InChI is InChI=1S/C22H14BrF3N4O2/c23-16-9-13(12-1-6-19-15(7-12)11-28-21(27)30-19)8-14(10-16)20(31)29-17-2-4-18(5-3-17)32-22(24,25)26/h1-11H,(H,29,31)(H2,27,28,30). The van der Waals surface area contributed by atoms with Gasteiger partial charge in [0.25, 0.3) is 5.91 Å². The van der Waals surface area contributed by atoms with Gasteiger partial charge in [0.05, 0.1) is 5.52 Å². The number of carbonyl (C=O) groups is 1. The Kier molecular flexibility index (Phi) is 5.70. The lowest BCUT2D eigenvalue weighted by atomic mass is 10.0. The molecule has 0 saturated carbocycles. The summed E-state index contributed by atoms with van der Waals surface area (Å²) in [5.41, 5.74) is 8.62. The SMILES string of the molecule is Nc1ncc2cc(-c3cc(Br)cc(C(=O)Nc4ccc(OC(F)(F)F)cc4)c3)ccc2n1. The van der Waals surface area contributed by atoms with Crippen LogP contribution in [0.4, 0.5) is 24.8 Å². The molecule has 0 fully saturated rings. The second-order valence-corrected chi connectivity index (χ2v) is 7.67. The van der Waals surface area contributed by atoms with Crippen molar-refractivity contribution >= 4 is 44.4 Å². The first-order valence-electron chi connectivity index (χ1n) is 9.17. The lowest BCUT2D eigenvalue weighted by molar-refractivity contribution is -0.274. The molecule has 1 amide bonds. The van der Waals surface area contributed by atoms with Crippen LogP contribution in [0.5, 0.6) is 5.75 Å². The second kappa shape index (κ2) is 8.46. The minimum absolute atomic E-state index is 0.185. The number of alkyl halides is 3. The number of rotatable bonds is 4. The van der Waals surface area contributed by atoms with Crippen LogP contribution >= 0.6 is 15.9 Å². The van der Waals surface area contributed by atoms with Gasteiger partial charge in [0, 0.05) is 27.3 Å². The smallest absolute Gasteiger partial charge is 0.406 e. The molecule has 0 aliphatic heterocycles. The molecule has 10 heteroatoms. The molecular weight excluding hydrogens is 489 g/mol. The van der Waals surface area contributed by atoms with Crippen molar-refractivity contribution in [2.24, 2.45) is 0 Å². The van der Waals surface area contributed by atoms with Gasteiger partial charge < -0.3 is 15.8 Å². The van der Waals surface area contributed by atoms with Crippen LogP contribution < -0.4 is 15.8 Å². The van der Waals surface area contributed by atoms with Crippen LogP contribution in [0.25, 0.3) is 22.0 Å². The van der Waals surface area contributed by atoms with Gasteiger partial charge in [-0.3, -0.25) is 4.79 Å². The predicted octanol–water partition coefficient (Wildman–Crippen LogP) is 5.79. The van der Waals surface area contributed by atoms with E-state index in [-0.39, 0.29) is 11.7 Å². The Morgan fingerprint density at radius 2 is 1.75 bits per heavy atom. The zero-order valence-corrected chi connectivity index (χ0v) is 17.7. The van der Waals surface area contributed by atoms with E-state index >= 15 is 0 Å². The Bertz CT molecular complexity index is 1310. The quantitative estimate of drug-likeness (QED) is 0.368. The highest BCUT2D eigenvalue weighted by Crippen LogP contribution is 2.29. The molecule has 0 aliphatic rings. The fourth-order valence-corrected chi connectivity index (χ4v) is 3.55. The molecule has 4 aromatic rings. The van der Waals surface area contributed by atoms with E-state index in [1.807, 2.05) is 24.3 Å². The summed E-state index contributed by atoms with van der Waals surface area (Å²) < 4.78 is 41.4. The van der Waals surface area contributed by atoms with Gasteiger partial charge in [0.1, 0.15) is 5.75 Å². The maximum Gasteiger partial charge on any atom is 0.573 e. The molecule has 0 atom stereocenters. The number of hydrogen-bond acceptors (Lipinski definition) is 5. The van der Waals surface area contributed by atoms with Gasteiger partial charge in [0.2, 0.25) is 5.95 Å². The molecule has 4 rings (SSSR count). The fraction of sp³-hybridized carbons (Fsp3) is 0.0455. The van der Waals surface area contributed by atoms with E-state index in [2.05, 4.69) is 36.0 Å². The molecule has 32 heavy (non-hydrogen) atoms. The first-order chi connectivity index (χ1) is 15.2. The topological polar surface area (TPSA) is 90.1 Å². The zero-order valence-electron chi connectivity index (χ0n) is 16.2.